The first-order chi connectivity index (χ1) is 14.1. The number of benzene rings is 2. The number of rotatable bonds is 7. The number of carbonyl (C=O) groups is 3. The normalized spacial score (nSPS) is 16.2. The van der Waals surface area contributed by atoms with Crippen molar-refractivity contribution >= 4 is 17.7 Å². The van der Waals surface area contributed by atoms with Gasteiger partial charge in [-0.3, -0.25) is 14.4 Å². The smallest absolute Gasteiger partial charge is 0.306 e. The van der Waals surface area contributed by atoms with E-state index in [1.165, 1.54) is 7.11 Å². The van der Waals surface area contributed by atoms with Gasteiger partial charge in [-0.15, -0.1) is 0 Å². The summed E-state index contributed by atoms with van der Waals surface area (Å²) in [5.74, 6) is 0.685. The molecule has 1 amide bonds. The highest BCUT2D eigenvalue weighted by Gasteiger charge is 2.29. The van der Waals surface area contributed by atoms with Crippen LogP contribution in [0, 0.1) is 5.92 Å². The number of carbonyl (C=O) groups excluding carboxylic acids is 3. The molecule has 0 bridgehead atoms. The summed E-state index contributed by atoms with van der Waals surface area (Å²) >= 11 is 0. The van der Waals surface area contributed by atoms with E-state index < -0.39 is 5.97 Å². The van der Waals surface area contributed by atoms with Crippen molar-refractivity contribution in [3.63, 3.8) is 0 Å². The Morgan fingerprint density at radius 1 is 0.966 bits per heavy atom. The number of methoxy groups -OCH3 is 1. The predicted molar refractivity (Wildman–Crippen MR) is 108 cm³/mol. The van der Waals surface area contributed by atoms with Gasteiger partial charge in [0.05, 0.1) is 13.5 Å². The quantitative estimate of drug-likeness (QED) is 0.526. The van der Waals surface area contributed by atoms with E-state index in [-0.39, 0.29) is 30.4 Å². The minimum atomic E-state index is -0.402. The van der Waals surface area contributed by atoms with Gasteiger partial charge in [-0.05, 0) is 49.2 Å². The summed E-state index contributed by atoms with van der Waals surface area (Å²) in [6.45, 7) is 1.01. The van der Waals surface area contributed by atoms with Crippen LogP contribution in [0.4, 0.5) is 0 Å². The summed E-state index contributed by atoms with van der Waals surface area (Å²) in [7, 11) is 1.30. The fourth-order valence-corrected chi connectivity index (χ4v) is 3.43. The largest absolute Gasteiger partial charge is 0.469 e. The summed E-state index contributed by atoms with van der Waals surface area (Å²) in [5.41, 5.74) is 0.610. The second kappa shape index (κ2) is 9.87. The molecular weight excluding hydrogens is 370 g/mol. The van der Waals surface area contributed by atoms with Gasteiger partial charge in [0.1, 0.15) is 11.5 Å². The maximum Gasteiger partial charge on any atom is 0.306 e. The molecular formula is C23H25NO5. The molecule has 29 heavy (non-hydrogen) atoms. The van der Waals surface area contributed by atoms with Crippen LogP contribution in [-0.2, 0) is 14.3 Å². The van der Waals surface area contributed by atoms with E-state index >= 15 is 0 Å². The predicted octanol–water partition coefficient (Wildman–Crippen LogP) is 3.85. The van der Waals surface area contributed by atoms with E-state index in [2.05, 4.69) is 4.74 Å². The Balaban J connectivity index is 1.57. The van der Waals surface area contributed by atoms with Crippen molar-refractivity contribution in [2.75, 3.05) is 20.2 Å². The summed E-state index contributed by atoms with van der Waals surface area (Å²) in [5, 5.41) is 0. The van der Waals surface area contributed by atoms with Gasteiger partial charge in [-0.2, -0.15) is 0 Å². The zero-order chi connectivity index (χ0) is 20.6. The van der Waals surface area contributed by atoms with E-state index in [9.17, 15) is 14.4 Å². The lowest BCUT2D eigenvalue weighted by atomic mass is 9.90. The van der Waals surface area contributed by atoms with E-state index in [1.54, 1.807) is 29.2 Å². The Labute approximate surface area is 170 Å². The summed E-state index contributed by atoms with van der Waals surface area (Å²) in [6, 6.07) is 16.5. The first-order valence-electron chi connectivity index (χ1n) is 9.78. The van der Waals surface area contributed by atoms with Crippen molar-refractivity contribution in [3.05, 3.63) is 60.2 Å². The highest BCUT2D eigenvalue weighted by atomic mass is 16.5. The Kier molecular flexibility index (Phi) is 7.00. The molecule has 1 aliphatic heterocycles. The molecule has 152 valence electrons. The fourth-order valence-electron chi connectivity index (χ4n) is 3.43. The second-order valence-corrected chi connectivity index (χ2v) is 7.06. The molecule has 0 spiro atoms. The molecule has 2 aromatic carbocycles. The Morgan fingerprint density at radius 2 is 1.66 bits per heavy atom. The van der Waals surface area contributed by atoms with Crippen molar-refractivity contribution in [2.24, 2.45) is 5.92 Å². The molecule has 1 atom stereocenters. The van der Waals surface area contributed by atoms with Crippen LogP contribution in [0.1, 0.15) is 36.0 Å². The number of para-hydroxylation sites is 1. The highest BCUT2D eigenvalue weighted by molar-refractivity contribution is 5.98. The number of ether oxygens (including phenoxy) is 2. The monoisotopic (exact) mass is 395 g/mol. The lowest BCUT2D eigenvalue weighted by molar-refractivity contribution is -0.144. The molecule has 0 radical (unpaired) electrons. The van der Waals surface area contributed by atoms with Crippen LogP contribution in [0.3, 0.4) is 0 Å². The minimum Gasteiger partial charge on any atom is -0.469 e. The molecule has 2 aromatic rings. The van der Waals surface area contributed by atoms with Gasteiger partial charge in [0.25, 0.3) is 0 Å². The molecule has 0 unspecified atom stereocenters. The number of amides is 1. The molecule has 0 aromatic heterocycles. The lowest BCUT2D eigenvalue weighted by Gasteiger charge is -2.32. The van der Waals surface area contributed by atoms with Crippen LogP contribution in [0.5, 0.6) is 11.5 Å². The van der Waals surface area contributed by atoms with Crippen LogP contribution >= 0.6 is 0 Å². The van der Waals surface area contributed by atoms with E-state index in [4.69, 9.17) is 4.74 Å². The van der Waals surface area contributed by atoms with Gasteiger partial charge in [0, 0.05) is 31.0 Å². The first-order valence-corrected chi connectivity index (χ1v) is 9.78. The Morgan fingerprint density at radius 3 is 2.34 bits per heavy atom. The number of hydrogen-bond donors (Lipinski definition) is 0. The molecule has 0 saturated carbocycles. The maximum atomic E-state index is 12.9. The standard InChI is InChI=1S/C23H25NO5/c1-28-22(26)14-13-21(25)24-15-5-6-18(16-24)23(27)17-9-11-20(12-10-17)29-19-7-3-2-4-8-19/h2-4,7-12,18H,5-6,13-16H2,1H3/t18-/m1/s1. The van der Waals surface area contributed by atoms with Crippen molar-refractivity contribution in [1.29, 1.82) is 0 Å². The van der Waals surface area contributed by atoms with Crippen molar-refractivity contribution in [3.8, 4) is 11.5 Å². The average molecular weight is 395 g/mol. The summed E-state index contributed by atoms with van der Waals surface area (Å²) in [6.07, 6.45) is 1.70. The van der Waals surface area contributed by atoms with Gasteiger partial charge in [-0.25, -0.2) is 0 Å². The van der Waals surface area contributed by atoms with Crippen molar-refractivity contribution < 1.29 is 23.9 Å². The van der Waals surface area contributed by atoms with E-state index in [0.717, 1.165) is 18.6 Å². The number of piperidine rings is 1. The van der Waals surface area contributed by atoms with Crippen molar-refractivity contribution in [2.45, 2.75) is 25.7 Å². The zero-order valence-corrected chi connectivity index (χ0v) is 16.5. The van der Waals surface area contributed by atoms with Gasteiger partial charge < -0.3 is 14.4 Å². The molecule has 1 fully saturated rings. The molecule has 3 rings (SSSR count). The Hall–Kier alpha value is -3.15. The van der Waals surface area contributed by atoms with Gasteiger partial charge in [0.15, 0.2) is 5.78 Å². The lowest BCUT2D eigenvalue weighted by Crippen LogP contribution is -2.42. The number of likely N-dealkylation sites (tertiary alicyclic amines) is 1. The SMILES string of the molecule is COC(=O)CCC(=O)N1CCC[C@@H](C(=O)c2ccc(Oc3ccccc3)cc2)C1. The average Bonchev–Trinajstić information content (AvgIpc) is 2.78. The van der Waals surface area contributed by atoms with Crippen LogP contribution in [0.25, 0.3) is 0 Å². The maximum absolute atomic E-state index is 12.9. The topological polar surface area (TPSA) is 72.9 Å². The number of esters is 1. The number of ketones is 1. The summed E-state index contributed by atoms with van der Waals surface area (Å²) < 4.78 is 10.3. The van der Waals surface area contributed by atoms with Crippen LogP contribution in [0.2, 0.25) is 0 Å². The van der Waals surface area contributed by atoms with Crippen LogP contribution < -0.4 is 4.74 Å². The molecule has 1 saturated heterocycles. The van der Waals surface area contributed by atoms with E-state index in [0.29, 0.717) is 24.4 Å². The van der Waals surface area contributed by atoms with Gasteiger partial charge in [0.2, 0.25) is 5.91 Å². The highest BCUT2D eigenvalue weighted by Crippen LogP contribution is 2.25. The third kappa shape index (κ3) is 5.67. The third-order valence-corrected chi connectivity index (χ3v) is 5.03. The minimum absolute atomic E-state index is 0.0294. The van der Waals surface area contributed by atoms with E-state index in [1.807, 2.05) is 30.3 Å². The molecule has 1 heterocycles. The molecule has 1 aliphatic rings. The van der Waals surface area contributed by atoms with Gasteiger partial charge >= 0.3 is 5.97 Å². The number of Topliss-reactive ketones (excluding diaryl/α,β-unsaturated/α-hetero) is 1. The Bertz CT molecular complexity index is 847. The van der Waals surface area contributed by atoms with Crippen molar-refractivity contribution in [1.82, 2.24) is 4.90 Å². The second-order valence-electron chi connectivity index (χ2n) is 7.06. The molecule has 6 nitrogen and oxygen atoms in total. The van der Waals surface area contributed by atoms with Crippen LogP contribution in [0.15, 0.2) is 54.6 Å². The third-order valence-electron chi connectivity index (χ3n) is 5.03. The number of nitrogens with zero attached hydrogens (tertiary/aromatic N) is 1. The first kappa shape index (κ1) is 20.6. The zero-order valence-electron chi connectivity index (χ0n) is 16.5. The van der Waals surface area contributed by atoms with Crippen LogP contribution in [-0.4, -0.2) is 42.8 Å². The fraction of sp³-hybridized carbons (Fsp3) is 0.348. The molecule has 6 heteroatoms. The number of hydrogen-bond acceptors (Lipinski definition) is 5. The van der Waals surface area contributed by atoms with Gasteiger partial charge in [-0.1, -0.05) is 18.2 Å². The molecule has 0 N–H and O–H groups in total. The summed E-state index contributed by atoms with van der Waals surface area (Å²) in [4.78, 5) is 38.2. The molecule has 0 aliphatic carbocycles.